The number of benzene rings is 3. The smallest absolute Gasteiger partial charge is 0.285 e. The number of ether oxygens (including phenoxy) is 2. The number of carbonyl (C=O) groups is 2. The maximum absolute atomic E-state index is 12.9. The molecule has 0 bridgehead atoms. The third-order valence-corrected chi connectivity index (χ3v) is 7.29. The van der Waals surface area contributed by atoms with E-state index in [4.69, 9.17) is 56.5 Å². The molecule has 3 aromatic rings. The highest BCUT2D eigenvalue weighted by Crippen LogP contribution is 2.35. The Labute approximate surface area is 232 Å². The van der Waals surface area contributed by atoms with Crippen molar-refractivity contribution in [2.75, 3.05) is 7.11 Å². The minimum absolute atomic E-state index is 0.153. The zero-order valence-corrected chi connectivity index (χ0v) is 22.5. The molecule has 1 aliphatic rings. The van der Waals surface area contributed by atoms with Crippen molar-refractivity contribution in [3.8, 4) is 11.5 Å². The second kappa shape index (κ2) is 11.5. The van der Waals surface area contributed by atoms with Crippen molar-refractivity contribution in [3.63, 3.8) is 0 Å². The summed E-state index contributed by atoms with van der Waals surface area (Å²) in [5.41, 5.74) is 4.22. The van der Waals surface area contributed by atoms with E-state index < -0.39 is 11.8 Å². The molecule has 0 spiro atoms. The first kappa shape index (κ1) is 26.3. The fourth-order valence-corrected chi connectivity index (χ4v) is 5.01. The first-order valence-electron chi connectivity index (χ1n) is 10.3. The lowest BCUT2D eigenvalue weighted by Gasteiger charge is -2.15. The van der Waals surface area contributed by atoms with Crippen LogP contribution < -0.4 is 14.9 Å². The molecule has 4 rings (SSSR count). The van der Waals surface area contributed by atoms with Crippen LogP contribution in [0.4, 0.5) is 0 Å². The van der Waals surface area contributed by atoms with Crippen LogP contribution in [0.1, 0.15) is 21.5 Å². The molecule has 184 valence electrons. The molecule has 1 saturated heterocycles. The van der Waals surface area contributed by atoms with Crippen LogP contribution in [-0.2, 0) is 11.4 Å². The van der Waals surface area contributed by atoms with Crippen LogP contribution in [0.5, 0.6) is 11.5 Å². The van der Waals surface area contributed by atoms with Gasteiger partial charge in [-0.25, -0.2) is 0 Å². The van der Waals surface area contributed by atoms with Gasteiger partial charge in [0.15, 0.2) is 15.8 Å². The van der Waals surface area contributed by atoms with Gasteiger partial charge >= 0.3 is 0 Å². The molecule has 0 atom stereocenters. The number of thiocarbonyl (C=S) groups is 1. The molecule has 3 aromatic carbocycles. The number of thioether (sulfide) groups is 1. The molecular formula is C25H17Cl3N2O4S2. The molecule has 6 nitrogen and oxygen atoms in total. The Morgan fingerprint density at radius 1 is 1.06 bits per heavy atom. The van der Waals surface area contributed by atoms with Crippen molar-refractivity contribution in [2.24, 2.45) is 0 Å². The number of hydrazine groups is 1. The highest BCUT2D eigenvalue weighted by molar-refractivity contribution is 8.26. The van der Waals surface area contributed by atoms with Crippen molar-refractivity contribution in [3.05, 3.63) is 97.3 Å². The van der Waals surface area contributed by atoms with Crippen molar-refractivity contribution >= 4 is 81.0 Å². The van der Waals surface area contributed by atoms with E-state index in [-0.39, 0.29) is 10.9 Å². The zero-order valence-electron chi connectivity index (χ0n) is 18.6. The number of hydrogen-bond acceptors (Lipinski definition) is 6. The largest absolute Gasteiger partial charge is 0.493 e. The standard InChI is InChI=1S/C25H17Cl3N2O4S2/c1-33-21-11-14(5-10-20(21)34-13-17-18(27)3-2-4-19(17)28)12-22-24(32)30(25(35)36-22)29-23(31)15-6-8-16(26)9-7-15/h2-12H,13H2,1H3,(H,29,31)/b22-12-. The number of hydrogen-bond donors (Lipinski definition) is 1. The van der Waals surface area contributed by atoms with Crippen LogP contribution in [0.2, 0.25) is 15.1 Å². The van der Waals surface area contributed by atoms with E-state index >= 15 is 0 Å². The number of rotatable bonds is 7. The second-order valence-electron chi connectivity index (χ2n) is 7.36. The molecule has 0 radical (unpaired) electrons. The number of halogens is 3. The van der Waals surface area contributed by atoms with Gasteiger partial charge in [-0.2, -0.15) is 5.01 Å². The molecule has 1 heterocycles. The van der Waals surface area contributed by atoms with E-state index in [9.17, 15) is 9.59 Å². The summed E-state index contributed by atoms with van der Waals surface area (Å²) in [5.74, 6) is 0.0119. The average molecular weight is 580 g/mol. The first-order valence-corrected chi connectivity index (χ1v) is 12.7. The first-order chi connectivity index (χ1) is 17.3. The highest BCUT2D eigenvalue weighted by atomic mass is 35.5. The Morgan fingerprint density at radius 2 is 1.75 bits per heavy atom. The number of carbonyl (C=O) groups excluding carboxylic acids is 2. The summed E-state index contributed by atoms with van der Waals surface area (Å²) in [6, 6.07) is 16.7. The Bertz CT molecular complexity index is 1360. The van der Waals surface area contributed by atoms with E-state index in [2.05, 4.69) is 5.43 Å². The third kappa shape index (κ3) is 5.96. The van der Waals surface area contributed by atoms with Crippen LogP contribution in [0.3, 0.4) is 0 Å². The quantitative estimate of drug-likeness (QED) is 0.246. The third-order valence-electron chi connectivity index (χ3n) is 5.03. The SMILES string of the molecule is COc1cc(/C=C2\SC(=S)N(NC(=O)c3ccc(Cl)cc3)C2=O)ccc1OCc1c(Cl)cccc1Cl. The fraction of sp³-hybridized carbons (Fsp3) is 0.0800. The normalized spacial score (nSPS) is 14.3. The Balaban J connectivity index is 1.48. The van der Waals surface area contributed by atoms with Gasteiger partial charge in [-0.3, -0.25) is 15.0 Å². The second-order valence-corrected chi connectivity index (χ2v) is 10.3. The van der Waals surface area contributed by atoms with Gasteiger partial charge in [-0.05, 0) is 72.4 Å². The van der Waals surface area contributed by atoms with E-state index in [1.165, 1.54) is 7.11 Å². The van der Waals surface area contributed by atoms with Crippen LogP contribution in [0.25, 0.3) is 6.08 Å². The highest BCUT2D eigenvalue weighted by Gasteiger charge is 2.33. The lowest BCUT2D eigenvalue weighted by atomic mass is 10.2. The van der Waals surface area contributed by atoms with Crippen LogP contribution in [0.15, 0.2) is 65.6 Å². The summed E-state index contributed by atoms with van der Waals surface area (Å²) in [4.78, 5) is 25.8. The van der Waals surface area contributed by atoms with E-state index in [1.807, 2.05) is 0 Å². The number of methoxy groups -OCH3 is 1. The van der Waals surface area contributed by atoms with Gasteiger partial charge in [0.05, 0.1) is 12.0 Å². The lowest BCUT2D eigenvalue weighted by Crippen LogP contribution is -2.44. The lowest BCUT2D eigenvalue weighted by molar-refractivity contribution is -0.123. The molecule has 1 N–H and O–H groups in total. The Morgan fingerprint density at radius 3 is 2.42 bits per heavy atom. The summed E-state index contributed by atoms with van der Waals surface area (Å²) in [7, 11) is 1.51. The molecule has 0 unspecified atom stereocenters. The molecule has 0 saturated carbocycles. The summed E-state index contributed by atoms with van der Waals surface area (Å²) in [6.45, 7) is 0.153. The van der Waals surface area contributed by atoms with E-state index in [1.54, 1.807) is 66.7 Å². The number of nitrogens with one attached hydrogen (secondary N) is 1. The van der Waals surface area contributed by atoms with Gasteiger partial charge in [-0.1, -0.05) is 58.7 Å². The summed E-state index contributed by atoms with van der Waals surface area (Å²) in [5, 5.41) is 2.55. The van der Waals surface area contributed by atoms with Crippen molar-refractivity contribution < 1.29 is 19.1 Å². The van der Waals surface area contributed by atoms with Gasteiger partial charge in [0.1, 0.15) is 6.61 Å². The number of nitrogens with zero attached hydrogens (tertiary/aromatic N) is 1. The van der Waals surface area contributed by atoms with Crippen molar-refractivity contribution in [2.45, 2.75) is 6.61 Å². The predicted octanol–water partition coefficient (Wildman–Crippen LogP) is 6.78. The molecule has 2 amide bonds. The Kier molecular flexibility index (Phi) is 8.43. The summed E-state index contributed by atoms with van der Waals surface area (Å²) in [6.07, 6.45) is 1.66. The maximum atomic E-state index is 12.9. The maximum Gasteiger partial charge on any atom is 0.285 e. The average Bonchev–Trinajstić information content (AvgIpc) is 3.11. The predicted molar refractivity (Wildman–Crippen MR) is 148 cm³/mol. The number of amides is 2. The molecule has 0 aromatic heterocycles. The molecular weight excluding hydrogens is 563 g/mol. The summed E-state index contributed by atoms with van der Waals surface area (Å²) >= 11 is 24.7. The van der Waals surface area contributed by atoms with Gasteiger partial charge in [0, 0.05) is 26.2 Å². The van der Waals surface area contributed by atoms with Gasteiger partial charge in [0.25, 0.3) is 11.8 Å². The zero-order chi connectivity index (χ0) is 25.8. The molecule has 36 heavy (non-hydrogen) atoms. The Hall–Kier alpha value is -2.75. The van der Waals surface area contributed by atoms with Crippen LogP contribution in [-0.4, -0.2) is 28.3 Å². The van der Waals surface area contributed by atoms with Crippen LogP contribution >= 0.6 is 58.8 Å². The summed E-state index contributed by atoms with van der Waals surface area (Å²) < 4.78 is 11.5. The monoisotopic (exact) mass is 578 g/mol. The van der Waals surface area contributed by atoms with Gasteiger partial charge < -0.3 is 9.47 Å². The molecule has 1 aliphatic heterocycles. The molecule has 0 aliphatic carbocycles. The minimum atomic E-state index is -0.481. The topological polar surface area (TPSA) is 67.9 Å². The molecule has 1 fully saturated rings. The van der Waals surface area contributed by atoms with E-state index in [0.29, 0.717) is 48.2 Å². The van der Waals surface area contributed by atoms with Crippen LogP contribution in [0, 0.1) is 0 Å². The van der Waals surface area contributed by atoms with E-state index in [0.717, 1.165) is 16.8 Å². The van der Waals surface area contributed by atoms with Gasteiger partial charge in [-0.15, -0.1) is 0 Å². The minimum Gasteiger partial charge on any atom is -0.493 e. The van der Waals surface area contributed by atoms with Gasteiger partial charge in [0.2, 0.25) is 0 Å². The van der Waals surface area contributed by atoms with Crippen molar-refractivity contribution in [1.82, 2.24) is 10.4 Å². The molecule has 11 heteroatoms. The fourth-order valence-electron chi connectivity index (χ4n) is 3.20. The van der Waals surface area contributed by atoms with Crippen molar-refractivity contribution in [1.29, 1.82) is 0 Å².